The molecule has 0 aromatic rings. The highest BCUT2D eigenvalue weighted by molar-refractivity contribution is 7.81. The van der Waals surface area contributed by atoms with Crippen LogP contribution in [0.1, 0.15) is 44.9 Å². The number of esters is 1. The maximum Gasteiger partial charge on any atom is 0.331 e. The van der Waals surface area contributed by atoms with Gasteiger partial charge in [0.05, 0.1) is 0 Å². The summed E-state index contributed by atoms with van der Waals surface area (Å²) in [7, 11) is 0. The first-order valence-corrected chi connectivity index (χ1v) is 6.68. The van der Waals surface area contributed by atoms with Crippen LogP contribution in [-0.2, 0) is 9.53 Å². The molecule has 16 heavy (non-hydrogen) atoms. The number of carbonyl (C=O) groups is 1. The molecule has 2 aliphatic carbocycles. The van der Waals surface area contributed by atoms with Crippen molar-refractivity contribution in [1.82, 2.24) is 0 Å². The molecule has 3 atom stereocenters. The van der Waals surface area contributed by atoms with Crippen molar-refractivity contribution >= 4 is 18.6 Å². The zero-order valence-corrected chi connectivity index (χ0v) is 10.5. The van der Waals surface area contributed by atoms with E-state index in [4.69, 9.17) is 4.74 Å². The number of thiol groups is 1. The van der Waals surface area contributed by atoms with E-state index >= 15 is 0 Å². The Bertz CT molecular complexity index is 288. The molecule has 0 aromatic heterocycles. The minimum absolute atomic E-state index is 0.332. The SMILES string of the molecule is C=CC(=O)OC1(S)CCCC2CCCCC21. The van der Waals surface area contributed by atoms with Crippen molar-refractivity contribution < 1.29 is 9.53 Å². The van der Waals surface area contributed by atoms with Gasteiger partial charge in [-0.1, -0.05) is 25.8 Å². The second-order valence-corrected chi connectivity index (χ2v) is 5.77. The van der Waals surface area contributed by atoms with Crippen molar-refractivity contribution in [1.29, 1.82) is 0 Å². The fourth-order valence-corrected chi connectivity index (χ4v) is 3.88. The zero-order chi connectivity index (χ0) is 11.6. The molecule has 2 saturated carbocycles. The van der Waals surface area contributed by atoms with E-state index in [-0.39, 0.29) is 5.97 Å². The van der Waals surface area contributed by atoms with Crippen molar-refractivity contribution in [3.8, 4) is 0 Å². The first-order chi connectivity index (χ1) is 7.65. The Balaban J connectivity index is 2.10. The Morgan fingerprint density at radius 1 is 1.31 bits per heavy atom. The van der Waals surface area contributed by atoms with E-state index in [0.29, 0.717) is 11.8 Å². The van der Waals surface area contributed by atoms with Crippen LogP contribution in [0.15, 0.2) is 12.7 Å². The Labute approximate surface area is 103 Å². The average molecular weight is 240 g/mol. The van der Waals surface area contributed by atoms with E-state index < -0.39 is 4.93 Å². The molecule has 90 valence electrons. The molecular weight excluding hydrogens is 220 g/mol. The summed E-state index contributed by atoms with van der Waals surface area (Å²) in [5.74, 6) is 0.820. The maximum atomic E-state index is 11.4. The molecule has 2 nitrogen and oxygen atoms in total. The normalized spacial score (nSPS) is 38.6. The lowest BCUT2D eigenvalue weighted by atomic mass is 9.69. The van der Waals surface area contributed by atoms with Gasteiger partial charge in [-0.2, -0.15) is 0 Å². The Morgan fingerprint density at radius 2 is 2.00 bits per heavy atom. The number of ether oxygens (including phenoxy) is 1. The monoisotopic (exact) mass is 240 g/mol. The van der Waals surface area contributed by atoms with Crippen LogP contribution in [0.25, 0.3) is 0 Å². The summed E-state index contributed by atoms with van der Waals surface area (Å²) in [5.41, 5.74) is 0. The largest absolute Gasteiger partial charge is 0.445 e. The summed E-state index contributed by atoms with van der Waals surface area (Å²) in [4.78, 5) is 10.8. The van der Waals surface area contributed by atoms with Gasteiger partial charge in [-0.3, -0.25) is 0 Å². The molecule has 0 spiro atoms. The summed E-state index contributed by atoms with van der Waals surface area (Å²) in [5, 5.41) is 0. The van der Waals surface area contributed by atoms with Gasteiger partial charge in [0, 0.05) is 12.0 Å². The fourth-order valence-electron chi connectivity index (χ4n) is 3.29. The maximum absolute atomic E-state index is 11.4. The third kappa shape index (κ3) is 2.29. The lowest BCUT2D eigenvalue weighted by Crippen LogP contribution is -2.45. The molecule has 3 unspecified atom stereocenters. The van der Waals surface area contributed by atoms with Gasteiger partial charge in [0.2, 0.25) is 0 Å². The predicted octanol–water partition coefficient (Wildman–Crippen LogP) is 3.33. The van der Waals surface area contributed by atoms with Crippen molar-refractivity contribution in [3.63, 3.8) is 0 Å². The Hall–Kier alpha value is -0.440. The summed E-state index contributed by atoms with van der Waals surface area (Å²) in [6, 6.07) is 0. The molecule has 0 aliphatic heterocycles. The lowest BCUT2D eigenvalue weighted by Gasteiger charge is -2.46. The smallest absolute Gasteiger partial charge is 0.331 e. The highest BCUT2D eigenvalue weighted by Gasteiger charge is 2.46. The van der Waals surface area contributed by atoms with Crippen LogP contribution in [0.2, 0.25) is 0 Å². The van der Waals surface area contributed by atoms with Gasteiger partial charge in [0.25, 0.3) is 0 Å². The van der Waals surface area contributed by atoms with E-state index in [1.807, 2.05) is 0 Å². The molecule has 2 rings (SSSR count). The topological polar surface area (TPSA) is 26.3 Å². The van der Waals surface area contributed by atoms with Crippen LogP contribution in [0, 0.1) is 11.8 Å². The standard InChI is InChI=1S/C13H20O2S/c1-2-12(14)15-13(16)9-5-7-10-6-3-4-8-11(10)13/h2,10-11,16H,1,3-9H2. The van der Waals surface area contributed by atoms with Gasteiger partial charge in [0.1, 0.15) is 0 Å². The molecule has 0 N–H and O–H groups in total. The third-order valence-corrected chi connectivity index (χ3v) is 4.69. The van der Waals surface area contributed by atoms with E-state index in [1.54, 1.807) is 0 Å². The number of carbonyl (C=O) groups excluding carboxylic acids is 1. The van der Waals surface area contributed by atoms with Crippen molar-refractivity contribution in [3.05, 3.63) is 12.7 Å². The molecule has 0 radical (unpaired) electrons. The van der Waals surface area contributed by atoms with Crippen molar-refractivity contribution in [2.75, 3.05) is 0 Å². The van der Waals surface area contributed by atoms with Crippen LogP contribution >= 0.6 is 12.6 Å². The molecule has 2 aliphatic rings. The van der Waals surface area contributed by atoms with Gasteiger partial charge in [-0.05, 0) is 31.6 Å². The van der Waals surface area contributed by atoms with E-state index in [2.05, 4.69) is 19.2 Å². The van der Waals surface area contributed by atoms with Gasteiger partial charge in [-0.25, -0.2) is 4.79 Å². The molecule has 0 saturated heterocycles. The van der Waals surface area contributed by atoms with Gasteiger partial charge in [-0.15, -0.1) is 12.6 Å². The number of hydrogen-bond acceptors (Lipinski definition) is 3. The molecule has 0 heterocycles. The Kier molecular flexibility index (Phi) is 3.63. The van der Waals surface area contributed by atoms with Gasteiger partial charge >= 0.3 is 5.97 Å². The number of rotatable bonds is 2. The number of fused-ring (bicyclic) bond motifs is 1. The quantitative estimate of drug-likeness (QED) is 0.347. The van der Waals surface area contributed by atoms with E-state index in [0.717, 1.165) is 19.3 Å². The van der Waals surface area contributed by atoms with E-state index in [9.17, 15) is 4.79 Å². The van der Waals surface area contributed by atoms with Crippen molar-refractivity contribution in [2.24, 2.45) is 11.8 Å². The molecule has 0 aromatic carbocycles. The molecule has 0 bridgehead atoms. The first-order valence-electron chi connectivity index (χ1n) is 6.23. The van der Waals surface area contributed by atoms with Crippen LogP contribution < -0.4 is 0 Å². The molecule has 2 fully saturated rings. The van der Waals surface area contributed by atoms with Crippen LogP contribution in [-0.4, -0.2) is 10.9 Å². The van der Waals surface area contributed by atoms with E-state index in [1.165, 1.54) is 31.8 Å². The van der Waals surface area contributed by atoms with Crippen LogP contribution in [0.4, 0.5) is 0 Å². The average Bonchev–Trinajstić information content (AvgIpc) is 2.29. The minimum atomic E-state index is -0.533. The predicted molar refractivity (Wildman–Crippen MR) is 67.3 cm³/mol. The Morgan fingerprint density at radius 3 is 2.75 bits per heavy atom. The highest BCUT2D eigenvalue weighted by atomic mass is 32.1. The summed E-state index contributed by atoms with van der Waals surface area (Å²) >= 11 is 4.67. The minimum Gasteiger partial charge on any atom is -0.445 e. The van der Waals surface area contributed by atoms with Crippen LogP contribution in [0.5, 0.6) is 0 Å². The van der Waals surface area contributed by atoms with Crippen LogP contribution in [0.3, 0.4) is 0 Å². The summed E-state index contributed by atoms with van der Waals surface area (Å²) in [6.07, 6.45) is 9.52. The summed E-state index contributed by atoms with van der Waals surface area (Å²) in [6.45, 7) is 3.45. The fraction of sp³-hybridized carbons (Fsp3) is 0.769. The molecule has 3 heteroatoms. The molecule has 0 amide bonds. The molecular formula is C13H20O2S. The third-order valence-electron chi connectivity index (χ3n) is 4.04. The zero-order valence-electron chi connectivity index (χ0n) is 9.65. The second kappa shape index (κ2) is 4.82. The highest BCUT2D eigenvalue weighted by Crippen LogP contribution is 2.49. The van der Waals surface area contributed by atoms with Gasteiger partial charge in [0.15, 0.2) is 4.93 Å². The first kappa shape index (κ1) is 12.0. The lowest BCUT2D eigenvalue weighted by molar-refractivity contribution is -0.154. The summed E-state index contributed by atoms with van der Waals surface area (Å²) < 4.78 is 5.50. The van der Waals surface area contributed by atoms with Crippen molar-refractivity contribution in [2.45, 2.75) is 49.9 Å². The van der Waals surface area contributed by atoms with Gasteiger partial charge < -0.3 is 4.74 Å². The number of hydrogen-bond donors (Lipinski definition) is 1. The second-order valence-electron chi connectivity index (χ2n) is 5.01.